The van der Waals surface area contributed by atoms with Crippen LogP contribution in [0.1, 0.15) is 27.4 Å². The van der Waals surface area contributed by atoms with Crippen molar-refractivity contribution in [3.63, 3.8) is 0 Å². The summed E-state index contributed by atoms with van der Waals surface area (Å²) in [5.74, 6) is 1.15. The summed E-state index contributed by atoms with van der Waals surface area (Å²) in [6.45, 7) is 3.78. The van der Waals surface area contributed by atoms with E-state index >= 15 is 0 Å². The van der Waals surface area contributed by atoms with Crippen molar-refractivity contribution in [1.82, 2.24) is 15.1 Å². The van der Waals surface area contributed by atoms with Crippen molar-refractivity contribution in [1.29, 1.82) is 0 Å². The lowest BCUT2D eigenvalue weighted by Gasteiger charge is -2.07. The van der Waals surface area contributed by atoms with Crippen LogP contribution >= 0.6 is 34.7 Å². The van der Waals surface area contributed by atoms with Crippen molar-refractivity contribution in [3.8, 4) is 11.3 Å². The Bertz CT molecular complexity index is 1170. The number of nitrogens with zero attached hydrogens (tertiary/aromatic N) is 3. The van der Waals surface area contributed by atoms with Gasteiger partial charge in [0.2, 0.25) is 0 Å². The second kappa shape index (κ2) is 8.99. The highest BCUT2D eigenvalue weighted by Crippen LogP contribution is 2.29. The number of benzene rings is 1. The molecule has 0 unspecified atom stereocenters. The summed E-state index contributed by atoms with van der Waals surface area (Å²) in [7, 11) is 0. The number of thiazole rings is 1. The van der Waals surface area contributed by atoms with E-state index in [-0.39, 0.29) is 5.91 Å². The van der Waals surface area contributed by atoms with E-state index in [2.05, 4.69) is 20.4 Å². The Balaban J connectivity index is 1.48. The van der Waals surface area contributed by atoms with Gasteiger partial charge in [0.1, 0.15) is 10.8 Å². The fourth-order valence-corrected chi connectivity index (χ4v) is 4.76. The number of rotatable bonds is 6. The molecular weight excluding hydrogens is 440 g/mol. The quantitative estimate of drug-likeness (QED) is 0.358. The maximum atomic E-state index is 12.9. The minimum absolute atomic E-state index is 0.249. The number of nitrogens with one attached hydrogen (secondary N) is 1. The smallest absolute Gasteiger partial charge is 0.260 e. The average molecular weight is 457 g/mol. The molecule has 0 atom stereocenters. The zero-order valence-corrected chi connectivity index (χ0v) is 18.6. The molecule has 1 N–H and O–H groups in total. The van der Waals surface area contributed by atoms with Crippen LogP contribution in [-0.2, 0) is 5.75 Å². The van der Waals surface area contributed by atoms with Crippen molar-refractivity contribution >= 4 is 45.7 Å². The third-order valence-corrected chi connectivity index (χ3v) is 6.46. The molecule has 0 aliphatic carbocycles. The molecule has 3 aromatic heterocycles. The summed E-state index contributed by atoms with van der Waals surface area (Å²) in [5, 5.41) is 10.6. The van der Waals surface area contributed by atoms with Gasteiger partial charge in [-0.2, -0.15) is 0 Å². The third-order valence-electron chi connectivity index (χ3n) is 4.41. The summed E-state index contributed by atoms with van der Waals surface area (Å²) in [6, 6.07) is 10.9. The van der Waals surface area contributed by atoms with Crippen LogP contribution in [0.25, 0.3) is 11.3 Å². The van der Waals surface area contributed by atoms with E-state index in [4.69, 9.17) is 16.1 Å². The van der Waals surface area contributed by atoms with Crippen LogP contribution in [0.15, 0.2) is 57.5 Å². The Hall–Kier alpha value is -2.68. The zero-order valence-electron chi connectivity index (χ0n) is 16.2. The number of carbonyl (C=O) groups excluding carboxylic acids is 1. The molecule has 6 nitrogen and oxygen atoms in total. The summed E-state index contributed by atoms with van der Waals surface area (Å²) < 4.78 is 5.21. The number of pyridine rings is 1. The second-order valence-corrected chi connectivity index (χ2v) is 8.71. The lowest BCUT2D eigenvalue weighted by molar-refractivity contribution is 0.102. The van der Waals surface area contributed by atoms with Gasteiger partial charge in [-0.05, 0) is 38.1 Å². The highest BCUT2D eigenvalue weighted by molar-refractivity contribution is 7.98. The first-order valence-corrected chi connectivity index (χ1v) is 11.3. The molecule has 4 rings (SSSR count). The molecule has 0 saturated heterocycles. The Labute approximate surface area is 186 Å². The number of aryl methyl sites for hydroxylation is 2. The minimum atomic E-state index is -0.249. The molecule has 1 amide bonds. The van der Waals surface area contributed by atoms with Crippen molar-refractivity contribution in [2.45, 2.75) is 24.6 Å². The summed E-state index contributed by atoms with van der Waals surface area (Å²) >= 11 is 8.78. The maximum Gasteiger partial charge on any atom is 0.260 e. The van der Waals surface area contributed by atoms with Crippen LogP contribution in [-0.4, -0.2) is 21.0 Å². The van der Waals surface area contributed by atoms with Gasteiger partial charge in [-0.1, -0.05) is 28.9 Å². The van der Waals surface area contributed by atoms with Crippen LogP contribution in [0.2, 0.25) is 5.02 Å². The predicted octanol–water partition coefficient (Wildman–Crippen LogP) is 6.01. The molecule has 0 radical (unpaired) electrons. The van der Waals surface area contributed by atoms with Crippen molar-refractivity contribution in [2.24, 2.45) is 0 Å². The normalized spacial score (nSPS) is 10.9. The van der Waals surface area contributed by atoms with Gasteiger partial charge in [-0.25, -0.2) is 9.97 Å². The lowest BCUT2D eigenvalue weighted by atomic mass is 10.2. The Kier molecular flexibility index (Phi) is 6.17. The molecule has 0 fully saturated rings. The number of aromatic nitrogens is 3. The average Bonchev–Trinajstić information content (AvgIpc) is 3.34. The Morgan fingerprint density at radius 2 is 2.03 bits per heavy atom. The summed E-state index contributed by atoms with van der Waals surface area (Å²) in [5.41, 5.74) is 4.08. The Morgan fingerprint density at radius 1 is 1.23 bits per heavy atom. The van der Waals surface area contributed by atoms with E-state index in [1.54, 1.807) is 18.3 Å². The van der Waals surface area contributed by atoms with Gasteiger partial charge in [0.05, 0.1) is 17.0 Å². The number of thioether (sulfide) groups is 1. The van der Waals surface area contributed by atoms with Crippen LogP contribution in [0.5, 0.6) is 0 Å². The molecule has 3 heterocycles. The number of hydrogen-bond donors (Lipinski definition) is 1. The molecular formula is C21H17ClN4O2S2. The first kappa shape index (κ1) is 20.6. The molecule has 0 saturated carbocycles. The van der Waals surface area contributed by atoms with Gasteiger partial charge in [0, 0.05) is 33.5 Å². The molecule has 0 spiro atoms. The van der Waals surface area contributed by atoms with E-state index in [0.29, 0.717) is 26.5 Å². The van der Waals surface area contributed by atoms with Gasteiger partial charge in [0.25, 0.3) is 5.91 Å². The predicted molar refractivity (Wildman–Crippen MR) is 120 cm³/mol. The molecule has 4 aromatic rings. The van der Waals surface area contributed by atoms with Crippen LogP contribution in [0, 0.1) is 13.8 Å². The van der Waals surface area contributed by atoms with E-state index in [0.717, 1.165) is 28.3 Å². The van der Waals surface area contributed by atoms with E-state index in [1.165, 1.54) is 23.1 Å². The van der Waals surface area contributed by atoms with Gasteiger partial charge in [0.15, 0.2) is 5.13 Å². The van der Waals surface area contributed by atoms with Crippen molar-refractivity contribution in [3.05, 3.63) is 75.6 Å². The highest BCUT2D eigenvalue weighted by Gasteiger charge is 2.17. The number of hydrogen-bond acceptors (Lipinski definition) is 7. The Morgan fingerprint density at radius 3 is 2.77 bits per heavy atom. The number of amides is 1. The van der Waals surface area contributed by atoms with Crippen molar-refractivity contribution < 1.29 is 9.32 Å². The third kappa shape index (κ3) is 4.56. The monoisotopic (exact) mass is 456 g/mol. The van der Waals surface area contributed by atoms with E-state index in [9.17, 15) is 4.79 Å². The zero-order chi connectivity index (χ0) is 21.1. The summed E-state index contributed by atoms with van der Waals surface area (Å²) in [6.07, 6.45) is 1.68. The fourth-order valence-electron chi connectivity index (χ4n) is 2.78. The molecule has 1 aromatic carbocycles. The van der Waals surface area contributed by atoms with E-state index < -0.39 is 0 Å². The maximum absolute atomic E-state index is 12.9. The van der Waals surface area contributed by atoms with Gasteiger partial charge < -0.3 is 4.52 Å². The largest absolute Gasteiger partial charge is 0.361 e. The SMILES string of the molecule is Cc1noc(C)c1CSc1ncccc1C(=O)Nc1nc(-c2ccc(Cl)cc2)cs1. The molecule has 152 valence electrons. The van der Waals surface area contributed by atoms with Gasteiger partial charge >= 0.3 is 0 Å². The molecule has 0 bridgehead atoms. The standard InChI is InChI=1S/C21H17ClN4O2S2/c1-12-17(13(2)28-26-12)10-29-20-16(4-3-9-23-20)19(27)25-21-24-18(11-30-21)14-5-7-15(22)8-6-14/h3-9,11H,10H2,1-2H3,(H,24,25,27). The highest BCUT2D eigenvalue weighted by atomic mass is 35.5. The molecule has 0 aliphatic rings. The van der Waals surface area contributed by atoms with Gasteiger partial charge in [-0.15, -0.1) is 23.1 Å². The molecule has 9 heteroatoms. The van der Waals surface area contributed by atoms with Gasteiger partial charge in [-0.3, -0.25) is 10.1 Å². The first-order valence-electron chi connectivity index (χ1n) is 9.03. The number of halogens is 1. The topological polar surface area (TPSA) is 80.9 Å². The van der Waals surface area contributed by atoms with Crippen LogP contribution in [0.3, 0.4) is 0 Å². The van der Waals surface area contributed by atoms with Crippen LogP contribution in [0.4, 0.5) is 5.13 Å². The molecule has 0 aliphatic heterocycles. The second-order valence-electron chi connectivity index (χ2n) is 6.45. The number of carbonyl (C=O) groups is 1. The van der Waals surface area contributed by atoms with E-state index in [1.807, 2.05) is 43.5 Å². The lowest BCUT2D eigenvalue weighted by Crippen LogP contribution is -2.13. The van der Waals surface area contributed by atoms with Crippen LogP contribution < -0.4 is 5.32 Å². The molecule has 30 heavy (non-hydrogen) atoms. The first-order chi connectivity index (χ1) is 14.5. The summed E-state index contributed by atoms with van der Waals surface area (Å²) in [4.78, 5) is 21.8. The minimum Gasteiger partial charge on any atom is -0.361 e. The fraction of sp³-hybridized carbons (Fsp3) is 0.143. The number of anilines is 1. The van der Waals surface area contributed by atoms with Crippen molar-refractivity contribution in [2.75, 3.05) is 5.32 Å².